The van der Waals surface area contributed by atoms with Gasteiger partial charge in [0.2, 0.25) is 5.91 Å². The lowest BCUT2D eigenvalue weighted by Gasteiger charge is -2.47. The van der Waals surface area contributed by atoms with Crippen molar-refractivity contribution in [1.82, 2.24) is 19.4 Å². The maximum Gasteiger partial charge on any atom is 0.222 e. The normalized spacial score (nSPS) is 21.2. The van der Waals surface area contributed by atoms with Crippen LogP contribution in [0.4, 0.5) is 0 Å². The maximum atomic E-state index is 12.2. The van der Waals surface area contributed by atoms with Crippen LogP contribution in [0.2, 0.25) is 0 Å². The van der Waals surface area contributed by atoms with Crippen LogP contribution < -0.4 is 0 Å². The lowest BCUT2D eigenvalue weighted by Crippen LogP contribution is -2.51. The minimum absolute atomic E-state index is 0.328. The molecule has 25 heavy (non-hydrogen) atoms. The van der Waals surface area contributed by atoms with Gasteiger partial charge in [0.25, 0.3) is 0 Å². The van der Waals surface area contributed by atoms with Crippen molar-refractivity contribution in [2.75, 3.05) is 39.9 Å². The summed E-state index contributed by atoms with van der Waals surface area (Å²) in [5.74, 6) is 1.49. The van der Waals surface area contributed by atoms with Gasteiger partial charge < -0.3 is 14.2 Å². The Morgan fingerprint density at radius 3 is 2.80 bits per heavy atom. The second-order valence-electron chi connectivity index (χ2n) is 7.57. The van der Waals surface area contributed by atoms with Gasteiger partial charge in [0.05, 0.1) is 6.54 Å². The van der Waals surface area contributed by atoms with Crippen LogP contribution in [0.15, 0.2) is 12.4 Å². The molecule has 2 saturated heterocycles. The number of piperidine rings is 2. The van der Waals surface area contributed by atoms with Crippen LogP contribution in [-0.2, 0) is 22.6 Å². The van der Waals surface area contributed by atoms with Crippen molar-refractivity contribution in [2.24, 2.45) is 5.41 Å². The monoisotopic (exact) mass is 348 g/mol. The quantitative estimate of drug-likeness (QED) is 0.709. The van der Waals surface area contributed by atoms with E-state index < -0.39 is 0 Å². The van der Waals surface area contributed by atoms with Gasteiger partial charge in [0.1, 0.15) is 5.82 Å². The molecule has 0 saturated carbocycles. The number of rotatable bonds is 7. The average molecular weight is 348 g/mol. The Bertz CT molecular complexity index is 564. The van der Waals surface area contributed by atoms with E-state index >= 15 is 0 Å². The molecule has 1 spiro atoms. The highest BCUT2D eigenvalue weighted by molar-refractivity contribution is 5.77. The highest BCUT2D eigenvalue weighted by Crippen LogP contribution is 2.40. The van der Waals surface area contributed by atoms with Crippen LogP contribution in [0.1, 0.15) is 44.9 Å². The number of methoxy groups -OCH3 is 1. The van der Waals surface area contributed by atoms with Crippen molar-refractivity contribution in [3.05, 3.63) is 18.2 Å². The molecule has 2 aliphatic heterocycles. The van der Waals surface area contributed by atoms with Gasteiger partial charge in [-0.15, -0.1) is 0 Å². The van der Waals surface area contributed by atoms with Gasteiger partial charge >= 0.3 is 0 Å². The molecule has 1 aromatic heterocycles. The predicted molar refractivity (Wildman–Crippen MR) is 97.2 cm³/mol. The lowest BCUT2D eigenvalue weighted by molar-refractivity contribution is -0.139. The third kappa shape index (κ3) is 4.42. The second kappa shape index (κ2) is 8.32. The first-order valence-corrected chi connectivity index (χ1v) is 9.65. The van der Waals surface area contributed by atoms with E-state index in [2.05, 4.69) is 32.5 Å². The molecule has 0 unspecified atom stereocenters. The van der Waals surface area contributed by atoms with Crippen LogP contribution in [-0.4, -0.2) is 65.2 Å². The van der Waals surface area contributed by atoms with Crippen LogP contribution in [0.3, 0.4) is 0 Å². The van der Waals surface area contributed by atoms with Gasteiger partial charge in [-0.2, -0.15) is 0 Å². The van der Waals surface area contributed by atoms with Gasteiger partial charge in [-0.25, -0.2) is 4.98 Å². The number of imidazole rings is 1. The van der Waals surface area contributed by atoms with Crippen LogP contribution in [0, 0.1) is 5.41 Å². The molecule has 1 aromatic rings. The molecule has 3 heterocycles. The van der Waals surface area contributed by atoms with E-state index in [9.17, 15) is 4.79 Å². The van der Waals surface area contributed by atoms with Gasteiger partial charge in [-0.05, 0) is 51.1 Å². The summed E-state index contributed by atoms with van der Waals surface area (Å²) in [6.07, 6.45) is 9.05. The highest BCUT2D eigenvalue weighted by Gasteiger charge is 2.40. The Morgan fingerprint density at radius 1 is 1.28 bits per heavy atom. The number of carbonyl (C=O) groups is 1. The van der Waals surface area contributed by atoms with E-state index in [0.717, 1.165) is 58.7 Å². The largest absolute Gasteiger partial charge is 0.385 e. The molecule has 0 aliphatic carbocycles. The Labute approximate surface area is 151 Å². The molecule has 1 amide bonds. The number of hydrogen-bond acceptors (Lipinski definition) is 4. The van der Waals surface area contributed by atoms with E-state index in [1.54, 1.807) is 7.11 Å². The Balaban J connectivity index is 1.52. The summed E-state index contributed by atoms with van der Waals surface area (Å²) in [7, 11) is 1.72. The first-order valence-electron chi connectivity index (χ1n) is 9.65. The fourth-order valence-corrected chi connectivity index (χ4v) is 4.28. The van der Waals surface area contributed by atoms with E-state index in [1.807, 2.05) is 6.20 Å². The number of aryl methyl sites for hydroxylation is 1. The number of nitrogens with zero attached hydrogens (tertiary/aromatic N) is 4. The molecule has 0 N–H and O–H groups in total. The van der Waals surface area contributed by atoms with Crippen LogP contribution in [0.25, 0.3) is 0 Å². The number of aromatic nitrogens is 2. The molecule has 2 aliphatic rings. The summed E-state index contributed by atoms with van der Waals surface area (Å²) in [4.78, 5) is 21.3. The molecule has 0 bridgehead atoms. The molecule has 140 valence electrons. The highest BCUT2D eigenvalue weighted by atomic mass is 16.5. The fourth-order valence-electron chi connectivity index (χ4n) is 4.28. The minimum Gasteiger partial charge on any atom is -0.385 e. The molecular weight excluding hydrogens is 316 g/mol. The summed E-state index contributed by atoms with van der Waals surface area (Å²) < 4.78 is 7.36. The number of carbonyl (C=O) groups excluding carboxylic acids is 1. The molecule has 2 fully saturated rings. The van der Waals surface area contributed by atoms with Crippen molar-refractivity contribution < 1.29 is 9.53 Å². The predicted octanol–water partition coefficient (Wildman–Crippen LogP) is 2.14. The molecule has 6 heteroatoms. The third-order valence-corrected chi connectivity index (χ3v) is 5.95. The average Bonchev–Trinajstić information content (AvgIpc) is 3.08. The summed E-state index contributed by atoms with van der Waals surface area (Å²) >= 11 is 0. The van der Waals surface area contributed by atoms with Crippen molar-refractivity contribution in [2.45, 2.75) is 52.1 Å². The van der Waals surface area contributed by atoms with E-state index in [1.165, 1.54) is 18.7 Å². The topological polar surface area (TPSA) is 50.6 Å². The standard InChI is InChI=1S/C19H32N4O2/c1-3-22-13-9-20-17(22)15-21-11-7-19(8-12-21)6-5-18(24)23(16-19)10-4-14-25-2/h9,13H,3-8,10-12,14-16H2,1-2H3. The number of ether oxygens (including phenoxy) is 1. The van der Waals surface area contributed by atoms with Gasteiger partial charge in [-0.3, -0.25) is 9.69 Å². The minimum atomic E-state index is 0.328. The number of amides is 1. The summed E-state index contributed by atoms with van der Waals surface area (Å²) in [6.45, 7) is 8.80. The molecular formula is C19H32N4O2. The van der Waals surface area contributed by atoms with Crippen molar-refractivity contribution in [3.8, 4) is 0 Å². The maximum absolute atomic E-state index is 12.2. The second-order valence-corrected chi connectivity index (χ2v) is 7.57. The van der Waals surface area contributed by atoms with Gasteiger partial charge in [0.15, 0.2) is 0 Å². The summed E-state index contributed by atoms with van der Waals surface area (Å²) in [5, 5.41) is 0. The van der Waals surface area contributed by atoms with E-state index in [0.29, 0.717) is 17.7 Å². The molecule has 0 radical (unpaired) electrons. The summed E-state index contributed by atoms with van der Waals surface area (Å²) in [5.41, 5.74) is 0.331. The van der Waals surface area contributed by atoms with Crippen LogP contribution in [0.5, 0.6) is 0 Å². The fraction of sp³-hybridized carbons (Fsp3) is 0.789. The van der Waals surface area contributed by atoms with E-state index in [4.69, 9.17) is 4.74 Å². The Morgan fingerprint density at radius 2 is 2.08 bits per heavy atom. The first-order chi connectivity index (χ1) is 12.2. The smallest absolute Gasteiger partial charge is 0.222 e. The van der Waals surface area contributed by atoms with Crippen molar-refractivity contribution in [3.63, 3.8) is 0 Å². The van der Waals surface area contributed by atoms with E-state index in [-0.39, 0.29) is 0 Å². The molecule has 0 aromatic carbocycles. The SMILES string of the molecule is CCn1ccnc1CN1CCC2(CCC(=O)N(CCCOC)C2)CC1. The van der Waals surface area contributed by atoms with Crippen molar-refractivity contribution in [1.29, 1.82) is 0 Å². The summed E-state index contributed by atoms with van der Waals surface area (Å²) in [6, 6.07) is 0. The van der Waals surface area contributed by atoms with Gasteiger partial charge in [0, 0.05) is 52.2 Å². The molecule has 3 rings (SSSR count). The van der Waals surface area contributed by atoms with Crippen molar-refractivity contribution >= 4 is 5.91 Å². The Hall–Kier alpha value is -1.40. The zero-order valence-electron chi connectivity index (χ0n) is 15.7. The lowest BCUT2D eigenvalue weighted by atomic mass is 9.72. The zero-order valence-corrected chi connectivity index (χ0v) is 15.7. The molecule has 0 atom stereocenters. The zero-order chi connectivity index (χ0) is 17.7. The Kier molecular flexibility index (Phi) is 6.12. The number of hydrogen-bond donors (Lipinski definition) is 0. The molecule has 6 nitrogen and oxygen atoms in total. The van der Waals surface area contributed by atoms with Crippen LogP contribution >= 0.6 is 0 Å². The third-order valence-electron chi connectivity index (χ3n) is 5.95. The van der Waals surface area contributed by atoms with Gasteiger partial charge in [-0.1, -0.05) is 0 Å². The first kappa shape index (κ1) is 18.4. The number of likely N-dealkylation sites (tertiary alicyclic amines) is 2.